The molecule has 1 aromatic heterocycles. The summed E-state index contributed by atoms with van der Waals surface area (Å²) >= 11 is 0. The van der Waals surface area contributed by atoms with Crippen molar-refractivity contribution in [1.82, 2.24) is 9.29 Å². The lowest BCUT2D eigenvalue weighted by Crippen LogP contribution is -2.20. The standard InChI is InChI=1S/C17H14N2O4S/c20-16(21)10-19-9-13(11-5-1-3-7-14(11)19)17-12-6-2-4-8-15(12)24(22,23)18-17/h1-9,17-18H,10H2,(H,20,21). The topological polar surface area (TPSA) is 88.4 Å². The van der Waals surface area contributed by atoms with Crippen LogP contribution in [0.1, 0.15) is 17.2 Å². The Balaban J connectivity index is 1.94. The highest BCUT2D eigenvalue weighted by atomic mass is 32.2. The molecule has 0 bridgehead atoms. The quantitative estimate of drug-likeness (QED) is 0.763. The summed E-state index contributed by atoms with van der Waals surface area (Å²) in [6, 6.07) is 13.7. The Kier molecular flexibility index (Phi) is 3.22. The fourth-order valence-corrected chi connectivity index (χ4v) is 4.70. The molecule has 1 aliphatic heterocycles. The number of aromatic nitrogens is 1. The number of carbonyl (C=O) groups is 1. The number of sulfonamides is 1. The first-order chi connectivity index (χ1) is 11.5. The number of para-hydroxylation sites is 1. The highest BCUT2D eigenvalue weighted by Gasteiger charge is 2.36. The number of carboxylic acid groups (broad SMARTS) is 1. The highest BCUT2D eigenvalue weighted by molar-refractivity contribution is 7.89. The molecule has 2 heterocycles. The molecule has 1 atom stereocenters. The van der Waals surface area contributed by atoms with Crippen LogP contribution in [-0.4, -0.2) is 24.1 Å². The molecule has 0 aliphatic carbocycles. The normalized spacial score (nSPS) is 18.6. The summed E-state index contributed by atoms with van der Waals surface area (Å²) in [7, 11) is -3.56. The van der Waals surface area contributed by atoms with Crippen molar-refractivity contribution < 1.29 is 18.3 Å². The van der Waals surface area contributed by atoms with Crippen molar-refractivity contribution in [3.8, 4) is 0 Å². The average molecular weight is 342 g/mol. The van der Waals surface area contributed by atoms with E-state index in [2.05, 4.69) is 4.72 Å². The third kappa shape index (κ3) is 2.21. The Morgan fingerprint density at radius 2 is 1.79 bits per heavy atom. The number of hydrogen-bond donors (Lipinski definition) is 2. The molecular formula is C17H14N2O4S. The van der Waals surface area contributed by atoms with E-state index in [1.165, 1.54) is 0 Å². The van der Waals surface area contributed by atoms with Crippen LogP contribution in [0.4, 0.5) is 0 Å². The first-order valence-corrected chi connectivity index (χ1v) is 8.86. The van der Waals surface area contributed by atoms with Crippen LogP contribution in [0.2, 0.25) is 0 Å². The molecule has 2 N–H and O–H groups in total. The number of benzene rings is 2. The van der Waals surface area contributed by atoms with E-state index >= 15 is 0 Å². The molecule has 6 nitrogen and oxygen atoms in total. The van der Waals surface area contributed by atoms with Crippen molar-refractivity contribution in [2.24, 2.45) is 0 Å². The third-order valence-corrected chi connectivity index (χ3v) is 5.73. The van der Waals surface area contributed by atoms with Crippen LogP contribution in [-0.2, 0) is 21.4 Å². The predicted octanol–water partition coefficient (Wildman–Crippen LogP) is 2.11. The van der Waals surface area contributed by atoms with Gasteiger partial charge < -0.3 is 9.67 Å². The monoisotopic (exact) mass is 342 g/mol. The summed E-state index contributed by atoms with van der Waals surface area (Å²) in [5, 5.41) is 9.95. The molecule has 0 amide bonds. The van der Waals surface area contributed by atoms with Gasteiger partial charge in [0.2, 0.25) is 10.0 Å². The second-order valence-electron chi connectivity index (χ2n) is 5.72. The smallest absolute Gasteiger partial charge is 0.323 e. The van der Waals surface area contributed by atoms with Crippen molar-refractivity contribution in [2.45, 2.75) is 17.5 Å². The lowest BCUT2D eigenvalue weighted by Gasteiger charge is -2.09. The summed E-state index contributed by atoms with van der Waals surface area (Å²) in [4.78, 5) is 11.4. The van der Waals surface area contributed by atoms with E-state index in [1.807, 2.05) is 24.3 Å². The summed E-state index contributed by atoms with van der Waals surface area (Å²) in [5.41, 5.74) is 2.19. The maximum absolute atomic E-state index is 12.3. The van der Waals surface area contributed by atoms with Gasteiger partial charge in [0.15, 0.2) is 0 Å². The van der Waals surface area contributed by atoms with Gasteiger partial charge in [-0.2, -0.15) is 4.72 Å². The molecule has 24 heavy (non-hydrogen) atoms. The van der Waals surface area contributed by atoms with E-state index in [9.17, 15) is 13.2 Å². The molecule has 1 aliphatic rings. The fraction of sp³-hybridized carbons (Fsp3) is 0.118. The molecule has 0 radical (unpaired) electrons. The first kappa shape index (κ1) is 14.9. The SMILES string of the molecule is O=C(O)Cn1cc(C2NS(=O)(=O)c3ccccc32)c2ccccc21. The minimum Gasteiger partial charge on any atom is -0.480 e. The van der Waals surface area contributed by atoms with Crippen molar-refractivity contribution in [2.75, 3.05) is 0 Å². The van der Waals surface area contributed by atoms with Gasteiger partial charge in [-0.05, 0) is 17.7 Å². The summed E-state index contributed by atoms with van der Waals surface area (Å²) in [6.07, 6.45) is 1.72. The molecule has 7 heteroatoms. The van der Waals surface area contributed by atoms with Gasteiger partial charge in [-0.25, -0.2) is 8.42 Å². The Bertz CT molecular complexity index is 1070. The van der Waals surface area contributed by atoms with Crippen LogP contribution in [0.25, 0.3) is 10.9 Å². The van der Waals surface area contributed by atoms with Gasteiger partial charge in [0.25, 0.3) is 0 Å². The third-order valence-electron chi connectivity index (χ3n) is 4.23. The molecule has 2 aromatic carbocycles. The maximum Gasteiger partial charge on any atom is 0.323 e. The van der Waals surface area contributed by atoms with E-state index in [-0.39, 0.29) is 11.4 Å². The van der Waals surface area contributed by atoms with Gasteiger partial charge in [-0.15, -0.1) is 0 Å². The predicted molar refractivity (Wildman–Crippen MR) is 88.2 cm³/mol. The zero-order chi connectivity index (χ0) is 16.9. The van der Waals surface area contributed by atoms with Gasteiger partial charge in [0, 0.05) is 22.7 Å². The summed E-state index contributed by atoms with van der Waals surface area (Å²) in [5.74, 6) is -0.949. The Morgan fingerprint density at radius 3 is 2.58 bits per heavy atom. The van der Waals surface area contributed by atoms with Crippen LogP contribution in [0.3, 0.4) is 0 Å². The van der Waals surface area contributed by atoms with Gasteiger partial charge in [0.05, 0.1) is 10.9 Å². The molecule has 122 valence electrons. The van der Waals surface area contributed by atoms with Gasteiger partial charge in [-0.1, -0.05) is 36.4 Å². The number of nitrogens with one attached hydrogen (secondary N) is 1. The molecule has 0 spiro atoms. The minimum atomic E-state index is -3.56. The molecule has 0 saturated carbocycles. The number of nitrogens with zero attached hydrogens (tertiary/aromatic N) is 1. The zero-order valence-corrected chi connectivity index (χ0v) is 13.3. The summed E-state index contributed by atoms with van der Waals surface area (Å²) in [6.45, 7) is -0.179. The molecule has 0 fully saturated rings. The Labute approximate surface area is 138 Å². The highest BCUT2D eigenvalue weighted by Crippen LogP contribution is 2.38. The molecular weight excluding hydrogens is 328 g/mol. The second kappa shape index (κ2) is 5.19. The Morgan fingerprint density at radius 1 is 1.08 bits per heavy atom. The second-order valence-corrected chi connectivity index (χ2v) is 7.40. The van der Waals surface area contributed by atoms with Crippen molar-refractivity contribution >= 4 is 26.9 Å². The minimum absolute atomic E-state index is 0.179. The molecule has 1 unspecified atom stereocenters. The fourth-order valence-electron chi connectivity index (χ4n) is 3.26. The lowest BCUT2D eigenvalue weighted by molar-refractivity contribution is -0.137. The van der Waals surface area contributed by atoms with Crippen molar-refractivity contribution in [3.05, 3.63) is 65.9 Å². The Hall–Kier alpha value is -2.64. The van der Waals surface area contributed by atoms with Crippen LogP contribution in [0.15, 0.2) is 59.6 Å². The first-order valence-electron chi connectivity index (χ1n) is 7.38. The number of carboxylic acids is 1. The maximum atomic E-state index is 12.3. The van der Waals surface area contributed by atoms with Gasteiger partial charge in [0.1, 0.15) is 6.54 Å². The van der Waals surface area contributed by atoms with Crippen LogP contribution in [0.5, 0.6) is 0 Å². The van der Waals surface area contributed by atoms with E-state index in [1.54, 1.807) is 35.0 Å². The largest absolute Gasteiger partial charge is 0.480 e. The van der Waals surface area contributed by atoms with Crippen LogP contribution >= 0.6 is 0 Å². The number of aliphatic carboxylic acids is 1. The van der Waals surface area contributed by atoms with E-state index in [0.29, 0.717) is 5.56 Å². The van der Waals surface area contributed by atoms with E-state index in [0.717, 1.165) is 16.5 Å². The molecule has 3 aromatic rings. The van der Waals surface area contributed by atoms with Crippen molar-refractivity contribution in [1.29, 1.82) is 0 Å². The number of rotatable bonds is 3. The average Bonchev–Trinajstić information content (AvgIpc) is 3.03. The summed E-state index contributed by atoms with van der Waals surface area (Å²) < 4.78 is 29.0. The lowest BCUT2D eigenvalue weighted by atomic mass is 9.99. The zero-order valence-electron chi connectivity index (χ0n) is 12.5. The molecule has 4 rings (SSSR count). The van der Waals surface area contributed by atoms with Crippen molar-refractivity contribution in [3.63, 3.8) is 0 Å². The number of fused-ring (bicyclic) bond motifs is 2. The van der Waals surface area contributed by atoms with E-state index in [4.69, 9.17) is 5.11 Å². The van der Waals surface area contributed by atoms with Gasteiger partial charge >= 0.3 is 5.97 Å². The van der Waals surface area contributed by atoms with Gasteiger partial charge in [-0.3, -0.25) is 4.79 Å². The molecule has 0 saturated heterocycles. The van der Waals surface area contributed by atoms with Crippen LogP contribution in [0, 0.1) is 0 Å². The van der Waals surface area contributed by atoms with E-state index < -0.39 is 22.0 Å². The number of hydrogen-bond acceptors (Lipinski definition) is 3. The van der Waals surface area contributed by atoms with Crippen LogP contribution < -0.4 is 4.72 Å².